The number of nitrogens with zero attached hydrogens (tertiary/aromatic N) is 2. The molecule has 0 aliphatic heterocycles. The zero-order valence-corrected chi connectivity index (χ0v) is 14.3. The summed E-state index contributed by atoms with van der Waals surface area (Å²) < 4.78 is 1.82. The molecule has 0 spiro atoms. The average molecular weight is 313 g/mol. The first kappa shape index (κ1) is 17.3. The third-order valence-corrected chi connectivity index (χ3v) is 4.33. The van der Waals surface area contributed by atoms with Gasteiger partial charge in [0, 0.05) is 19.2 Å². The molecule has 1 unspecified atom stereocenters. The van der Waals surface area contributed by atoms with Gasteiger partial charge in [-0.1, -0.05) is 57.0 Å². The minimum absolute atomic E-state index is 0.0815. The fraction of sp³-hybridized carbons (Fsp3) is 0.474. The highest BCUT2D eigenvalue weighted by Gasteiger charge is 2.22. The molecule has 0 aliphatic carbocycles. The minimum atomic E-state index is 0.0815. The SMILES string of the molecule is CCC(CC)C(NC(=O)CCn1cc(C)cn1)c1ccccc1. The van der Waals surface area contributed by atoms with Crippen LogP contribution in [0.25, 0.3) is 0 Å². The Morgan fingerprint density at radius 1 is 1.22 bits per heavy atom. The molecule has 2 aromatic rings. The van der Waals surface area contributed by atoms with E-state index in [1.807, 2.05) is 42.2 Å². The van der Waals surface area contributed by atoms with Gasteiger partial charge in [-0.15, -0.1) is 0 Å². The molecule has 1 aromatic heterocycles. The fourth-order valence-electron chi connectivity index (χ4n) is 2.94. The molecule has 4 nitrogen and oxygen atoms in total. The highest BCUT2D eigenvalue weighted by molar-refractivity contribution is 5.76. The molecule has 1 heterocycles. The van der Waals surface area contributed by atoms with Crippen molar-refractivity contribution in [2.75, 3.05) is 0 Å². The van der Waals surface area contributed by atoms with Gasteiger partial charge in [0.2, 0.25) is 5.91 Å². The molecule has 1 N–H and O–H groups in total. The van der Waals surface area contributed by atoms with Crippen LogP contribution in [0.5, 0.6) is 0 Å². The van der Waals surface area contributed by atoms with Crippen molar-refractivity contribution in [1.29, 1.82) is 0 Å². The van der Waals surface area contributed by atoms with Crippen molar-refractivity contribution in [3.05, 3.63) is 53.9 Å². The lowest BCUT2D eigenvalue weighted by atomic mass is 9.88. The standard InChI is InChI=1S/C19H27N3O/c1-4-16(5-2)19(17-9-7-6-8-10-17)21-18(23)11-12-22-14-15(3)13-20-22/h6-10,13-14,16,19H,4-5,11-12H2,1-3H3,(H,21,23). The Kier molecular flexibility index (Phi) is 6.39. The molecule has 1 amide bonds. The second-order valence-corrected chi connectivity index (χ2v) is 6.06. The van der Waals surface area contributed by atoms with Crippen LogP contribution in [-0.2, 0) is 11.3 Å². The molecule has 0 bridgehead atoms. The van der Waals surface area contributed by atoms with Crippen molar-refractivity contribution in [3.8, 4) is 0 Å². The van der Waals surface area contributed by atoms with Crippen molar-refractivity contribution in [2.45, 2.75) is 52.6 Å². The Hall–Kier alpha value is -2.10. The van der Waals surface area contributed by atoms with E-state index in [4.69, 9.17) is 0 Å². The summed E-state index contributed by atoms with van der Waals surface area (Å²) in [6.45, 7) is 6.98. The third-order valence-electron chi connectivity index (χ3n) is 4.33. The van der Waals surface area contributed by atoms with Gasteiger partial charge in [0.1, 0.15) is 0 Å². The van der Waals surface area contributed by atoms with Gasteiger partial charge in [-0.3, -0.25) is 9.48 Å². The number of rotatable bonds is 8. The van der Waals surface area contributed by atoms with Crippen LogP contribution in [0.1, 0.15) is 50.3 Å². The molecule has 1 atom stereocenters. The molecular weight excluding hydrogens is 286 g/mol. The molecular formula is C19H27N3O. The van der Waals surface area contributed by atoms with Gasteiger partial charge in [0.15, 0.2) is 0 Å². The number of aryl methyl sites for hydroxylation is 2. The largest absolute Gasteiger partial charge is 0.349 e. The van der Waals surface area contributed by atoms with Crippen LogP contribution < -0.4 is 5.32 Å². The molecule has 0 saturated carbocycles. The quantitative estimate of drug-likeness (QED) is 0.804. The highest BCUT2D eigenvalue weighted by atomic mass is 16.1. The van der Waals surface area contributed by atoms with Gasteiger partial charge < -0.3 is 5.32 Å². The Balaban J connectivity index is 2.00. The van der Waals surface area contributed by atoms with Crippen molar-refractivity contribution in [2.24, 2.45) is 5.92 Å². The van der Waals surface area contributed by atoms with E-state index in [-0.39, 0.29) is 11.9 Å². The lowest BCUT2D eigenvalue weighted by molar-refractivity contribution is -0.122. The van der Waals surface area contributed by atoms with Crippen LogP contribution in [0.4, 0.5) is 0 Å². The van der Waals surface area contributed by atoms with E-state index in [0.29, 0.717) is 18.9 Å². The number of amides is 1. The van der Waals surface area contributed by atoms with Gasteiger partial charge in [-0.2, -0.15) is 5.10 Å². The summed E-state index contributed by atoms with van der Waals surface area (Å²) in [5, 5.41) is 7.46. The van der Waals surface area contributed by atoms with E-state index in [0.717, 1.165) is 18.4 Å². The molecule has 2 rings (SSSR count). The zero-order valence-electron chi connectivity index (χ0n) is 14.3. The predicted octanol–water partition coefficient (Wildman–Crippen LogP) is 3.88. The second kappa shape index (κ2) is 8.51. The first-order chi connectivity index (χ1) is 11.1. The Morgan fingerprint density at radius 3 is 2.48 bits per heavy atom. The number of carbonyl (C=O) groups is 1. The molecule has 0 saturated heterocycles. The maximum atomic E-state index is 12.4. The minimum Gasteiger partial charge on any atom is -0.349 e. The Labute approximate surface area is 138 Å². The maximum Gasteiger partial charge on any atom is 0.222 e. The number of carbonyl (C=O) groups excluding carboxylic acids is 1. The van der Waals surface area contributed by atoms with Gasteiger partial charge in [-0.05, 0) is 24.0 Å². The molecule has 23 heavy (non-hydrogen) atoms. The number of benzene rings is 1. The Bertz CT molecular complexity index is 602. The average Bonchev–Trinajstić information content (AvgIpc) is 2.99. The van der Waals surface area contributed by atoms with Gasteiger partial charge in [-0.25, -0.2) is 0 Å². The first-order valence-electron chi connectivity index (χ1n) is 8.47. The van der Waals surface area contributed by atoms with Crippen molar-refractivity contribution in [3.63, 3.8) is 0 Å². The van der Waals surface area contributed by atoms with Crippen LogP contribution in [0.2, 0.25) is 0 Å². The number of hydrogen-bond donors (Lipinski definition) is 1. The van der Waals surface area contributed by atoms with E-state index in [9.17, 15) is 4.79 Å². The lowest BCUT2D eigenvalue weighted by Crippen LogP contribution is -2.33. The molecule has 4 heteroatoms. The van der Waals surface area contributed by atoms with Crippen LogP contribution in [0.15, 0.2) is 42.7 Å². The summed E-state index contributed by atoms with van der Waals surface area (Å²) >= 11 is 0. The van der Waals surface area contributed by atoms with Crippen molar-refractivity contribution in [1.82, 2.24) is 15.1 Å². The lowest BCUT2D eigenvalue weighted by Gasteiger charge is -2.27. The van der Waals surface area contributed by atoms with E-state index in [1.54, 1.807) is 0 Å². The van der Waals surface area contributed by atoms with Gasteiger partial charge in [0.05, 0.1) is 12.2 Å². The van der Waals surface area contributed by atoms with E-state index < -0.39 is 0 Å². The van der Waals surface area contributed by atoms with E-state index in [2.05, 4.69) is 36.4 Å². The molecule has 0 aliphatic rings. The molecule has 1 aromatic carbocycles. The number of hydrogen-bond acceptors (Lipinski definition) is 2. The summed E-state index contributed by atoms with van der Waals surface area (Å²) in [5.74, 6) is 0.534. The van der Waals surface area contributed by atoms with Crippen molar-refractivity contribution >= 4 is 5.91 Å². The number of aromatic nitrogens is 2. The van der Waals surface area contributed by atoms with Crippen LogP contribution in [-0.4, -0.2) is 15.7 Å². The van der Waals surface area contributed by atoms with Crippen LogP contribution >= 0.6 is 0 Å². The maximum absolute atomic E-state index is 12.4. The van der Waals surface area contributed by atoms with Crippen LogP contribution in [0.3, 0.4) is 0 Å². The molecule has 0 radical (unpaired) electrons. The number of nitrogens with one attached hydrogen (secondary N) is 1. The predicted molar refractivity (Wildman–Crippen MR) is 93.0 cm³/mol. The second-order valence-electron chi connectivity index (χ2n) is 6.06. The van der Waals surface area contributed by atoms with Gasteiger partial charge in [0.25, 0.3) is 0 Å². The monoisotopic (exact) mass is 313 g/mol. The summed E-state index contributed by atoms with van der Waals surface area (Å²) in [6, 6.07) is 10.3. The summed E-state index contributed by atoms with van der Waals surface area (Å²) in [7, 11) is 0. The van der Waals surface area contributed by atoms with Crippen molar-refractivity contribution < 1.29 is 4.79 Å². The topological polar surface area (TPSA) is 46.9 Å². The highest BCUT2D eigenvalue weighted by Crippen LogP contribution is 2.27. The Morgan fingerprint density at radius 2 is 1.91 bits per heavy atom. The smallest absolute Gasteiger partial charge is 0.222 e. The summed E-state index contributed by atoms with van der Waals surface area (Å²) in [4.78, 5) is 12.4. The summed E-state index contributed by atoms with van der Waals surface area (Å²) in [5.41, 5.74) is 2.30. The first-order valence-corrected chi connectivity index (χ1v) is 8.47. The third kappa shape index (κ3) is 4.95. The van der Waals surface area contributed by atoms with Gasteiger partial charge >= 0.3 is 0 Å². The normalized spacial score (nSPS) is 12.3. The van der Waals surface area contributed by atoms with E-state index >= 15 is 0 Å². The van der Waals surface area contributed by atoms with Crippen LogP contribution in [0, 0.1) is 12.8 Å². The summed E-state index contributed by atoms with van der Waals surface area (Å²) in [6.07, 6.45) is 6.33. The molecule has 124 valence electrons. The molecule has 0 fully saturated rings. The zero-order chi connectivity index (χ0) is 16.7. The fourth-order valence-corrected chi connectivity index (χ4v) is 2.94. The van der Waals surface area contributed by atoms with E-state index in [1.165, 1.54) is 5.56 Å².